The van der Waals surface area contributed by atoms with Crippen LogP contribution in [-0.4, -0.2) is 30.1 Å². The summed E-state index contributed by atoms with van der Waals surface area (Å²) in [6.07, 6.45) is 0.961. The molecule has 3 rings (SSSR count). The van der Waals surface area contributed by atoms with Crippen molar-refractivity contribution >= 4 is 23.3 Å². The van der Waals surface area contributed by atoms with Crippen LogP contribution < -0.4 is 10.2 Å². The molecule has 1 heterocycles. The number of aliphatic carboxylic acids is 1. The number of nitrogens with one attached hydrogen (secondary N) is 1. The molecule has 5 heteroatoms. The first-order valence-electron chi connectivity index (χ1n) is 8.34. The summed E-state index contributed by atoms with van der Waals surface area (Å²) in [4.78, 5) is 25.7. The second kappa shape index (κ2) is 6.59. The van der Waals surface area contributed by atoms with E-state index in [9.17, 15) is 14.7 Å². The van der Waals surface area contributed by atoms with Crippen LogP contribution in [0.15, 0.2) is 48.5 Å². The van der Waals surface area contributed by atoms with Gasteiger partial charge in [0.15, 0.2) is 0 Å². The van der Waals surface area contributed by atoms with Crippen molar-refractivity contribution in [1.29, 1.82) is 0 Å². The van der Waals surface area contributed by atoms with Gasteiger partial charge in [-0.1, -0.05) is 30.3 Å². The highest BCUT2D eigenvalue weighted by Crippen LogP contribution is 2.27. The number of carboxylic acid groups (broad SMARTS) is 1. The second-order valence-corrected chi connectivity index (χ2v) is 6.86. The third-order valence-corrected chi connectivity index (χ3v) is 4.74. The largest absolute Gasteiger partial charge is 0.481 e. The predicted molar refractivity (Wildman–Crippen MR) is 98.1 cm³/mol. The minimum absolute atomic E-state index is 0.0815. The normalized spacial score (nSPS) is 13.4. The minimum Gasteiger partial charge on any atom is -0.481 e. The predicted octanol–water partition coefficient (Wildman–Crippen LogP) is 3.05. The lowest BCUT2D eigenvalue weighted by atomic mass is 9.85. The Morgan fingerprint density at radius 1 is 1.12 bits per heavy atom. The molecule has 2 aromatic rings. The van der Waals surface area contributed by atoms with Crippen molar-refractivity contribution in [3.8, 4) is 0 Å². The monoisotopic (exact) mass is 338 g/mol. The molecule has 130 valence electrons. The van der Waals surface area contributed by atoms with Crippen LogP contribution in [-0.2, 0) is 21.4 Å². The number of hydrogen-bond acceptors (Lipinski definition) is 3. The van der Waals surface area contributed by atoms with E-state index in [1.54, 1.807) is 38.1 Å². The van der Waals surface area contributed by atoms with E-state index in [0.29, 0.717) is 17.8 Å². The maximum atomic E-state index is 12.3. The van der Waals surface area contributed by atoms with E-state index < -0.39 is 11.4 Å². The van der Waals surface area contributed by atoms with Gasteiger partial charge in [-0.3, -0.25) is 9.59 Å². The lowest BCUT2D eigenvalue weighted by Crippen LogP contribution is -2.32. The molecule has 1 amide bonds. The Labute approximate surface area is 147 Å². The van der Waals surface area contributed by atoms with Crippen molar-refractivity contribution in [3.05, 3.63) is 59.7 Å². The molecule has 0 saturated carbocycles. The van der Waals surface area contributed by atoms with E-state index in [2.05, 4.69) is 16.3 Å². The summed E-state index contributed by atoms with van der Waals surface area (Å²) in [5, 5.41) is 12.2. The van der Waals surface area contributed by atoms with Crippen molar-refractivity contribution in [3.63, 3.8) is 0 Å². The molecule has 2 aromatic carbocycles. The van der Waals surface area contributed by atoms with Crippen molar-refractivity contribution in [2.75, 3.05) is 23.3 Å². The van der Waals surface area contributed by atoms with Gasteiger partial charge in [0.25, 0.3) is 0 Å². The number of carboxylic acids is 1. The number of carbonyl (C=O) groups excluding carboxylic acids is 1. The number of fused-ring (bicyclic) bond motifs is 1. The minimum atomic E-state index is -0.957. The highest BCUT2D eigenvalue weighted by molar-refractivity contribution is 5.94. The van der Waals surface area contributed by atoms with Crippen LogP contribution in [0.3, 0.4) is 0 Å². The molecule has 0 saturated heterocycles. The standard InChI is InChI=1S/C20H22N2O3/c1-20(2,19(24)25)15-7-9-16(10-8-15)21-18(23)13-22-12-11-14-5-3-4-6-17(14)22/h3-10H,11-13H2,1-2H3,(H,21,23)(H,24,25). The summed E-state index contributed by atoms with van der Waals surface area (Å²) in [5.41, 5.74) is 2.81. The molecule has 2 N–H and O–H groups in total. The van der Waals surface area contributed by atoms with E-state index in [4.69, 9.17) is 0 Å². The molecule has 5 nitrogen and oxygen atoms in total. The highest BCUT2D eigenvalue weighted by atomic mass is 16.4. The Morgan fingerprint density at radius 2 is 1.80 bits per heavy atom. The van der Waals surface area contributed by atoms with Crippen LogP contribution in [0.5, 0.6) is 0 Å². The van der Waals surface area contributed by atoms with Crippen LogP contribution in [0.1, 0.15) is 25.0 Å². The summed E-state index contributed by atoms with van der Waals surface area (Å²) in [6.45, 7) is 4.47. The van der Waals surface area contributed by atoms with Gasteiger partial charge in [-0.15, -0.1) is 0 Å². The molecule has 25 heavy (non-hydrogen) atoms. The molecule has 0 atom stereocenters. The molecule has 0 aliphatic carbocycles. The van der Waals surface area contributed by atoms with Crippen LogP contribution in [0, 0.1) is 0 Å². The van der Waals surface area contributed by atoms with Gasteiger partial charge in [0.2, 0.25) is 5.91 Å². The number of nitrogens with zero attached hydrogens (tertiary/aromatic N) is 1. The van der Waals surface area contributed by atoms with E-state index in [1.807, 2.05) is 18.2 Å². The molecule has 0 bridgehead atoms. The summed E-state index contributed by atoms with van der Waals surface area (Å²) in [7, 11) is 0. The van der Waals surface area contributed by atoms with Crippen LogP contribution in [0.25, 0.3) is 0 Å². The first-order chi connectivity index (χ1) is 11.9. The van der Waals surface area contributed by atoms with Gasteiger partial charge >= 0.3 is 5.97 Å². The molecule has 1 aliphatic heterocycles. The summed E-state index contributed by atoms with van der Waals surface area (Å²) in [6, 6.07) is 15.1. The zero-order valence-corrected chi connectivity index (χ0v) is 14.5. The maximum absolute atomic E-state index is 12.3. The average molecular weight is 338 g/mol. The number of carbonyl (C=O) groups is 2. The fraction of sp³-hybridized carbons (Fsp3) is 0.300. The Balaban J connectivity index is 1.63. The van der Waals surface area contributed by atoms with Gasteiger partial charge in [0.1, 0.15) is 0 Å². The van der Waals surface area contributed by atoms with E-state index in [1.165, 1.54) is 5.56 Å². The number of hydrogen-bond donors (Lipinski definition) is 2. The molecular weight excluding hydrogens is 316 g/mol. The summed E-state index contributed by atoms with van der Waals surface area (Å²) >= 11 is 0. The average Bonchev–Trinajstić information content (AvgIpc) is 2.98. The van der Waals surface area contributed by atoms with E-state index >= 15 is 0 Å². The number of rotatable bonds is 5. The second-order valence-electron chi connectivity index (χ2n) is 6.86. The molecule has 0 aromatic heterocycles. The van der Waals surface area contributed by atoms with Gasteiger partial charge < -0.3 is 15.3 Å². The fourth-order valence-corrected chi connectivity index (χ4v) is 3.04. The Morgan fingerprint density at radius 3 is 2.48 bits per heavy atom. The van der Waals surface area contributed by atoms with Gasteiger partial charge in [0.05, 0.1) is 12.0 Å². The zero-order valence-electron chi connectivity index (χ0n) is 14.5. The Kier molecular flexibility index (Phi) is 4.49. The smallest absolute Gasteiger partial charge is 0.313 e. The zero-order chi connectivity index (χ0) is 18.0. The summed E-state index contributed by atoms with van der Waals surface area (Å²) < 4.78 is 0. The first-order valence-corrected chi connectivity index (χ1v) is 8.34. The quantitative estimate of drug-likeness (QED) is 0.879. The SMILES string of the molecule is CC(C)(C(=O)O)c1ccc(NC(=O)CN2CCc3ccccc32)cc1. The van der Waals surface area contributed by atoms with Crippen LogP contribution in [0.2, 0.25) is 0 Å². The maximum Gasteiger partial charge on any atom is 0.313 e. The lowest BCUT2D eigenvalue weighted by Gasteiger charge is -2.21. The number of anilines is 2. The molecular formula is C20H22N2O3. The fourth-order valence-electron chi connectivity index (χ4n) is 3.04. The van der Waals surface area contributed by atoms with Crippen LogP contribution >= 0.6 is 0 Å². The Hall–Kier alpha value is -2.82. The van der Waals surface area contributed by atoms with Crippen molar-refractivity contribution < 1.29 is 14.7 Å². The van der Waals surface area contributed by atoms with Crippen molar-refractivity contribution in [1.82, 2.24) is 0 Å². The first kappa shape index (κ1) is 17.0. The lowest BCUT2D eigenvalue weighted by molar-refractivity contribution is -0.142. The van der Waals surface area contributed by atoms with Crippen LogP contribution in [0.4, 0.5) is 11.4 Å². The highest BCUT2D eigenvalue weighted by Gasteiger charge is 2.29. The number of benzene rings is 2. The number of amides is 1. The third kappa shape index (κ3) is 3.50. The topological polar surface area (TPSA) is 69.6 Å². The molecule has 0 radical (unpaired) electrons. The molecule has 1 aliphatic rings. The van der Waals surface area contributed by atoms with Gasteiger partial charge in [-0.2, -0.15) is 0 Å². The molecule has 0 fully saturated rings. The Bertz CT molecular complexity index is 797. The van der Waals surface area contributed by atoms with E-state index in [0.717, 1.165) is 18.7 Å². The number of para-hydroxylation sites is 1. The van der Waals surface area contributed by atoms with Gasteiger partial charge in [-0.05, 0) is 49.6 Å². The molecule has 0 unspecified atom stereocenters. The van der Waals surface area contributed by atoms with E-state index in [-0.39, 0.29) is 5.91 Å². The third-order valence-electron chi connectivity index (χ3n) is 4.74. The summed E-state index contributed by atoms with van der Waals surface area (Å²) in [5.74, 6) is -0.959. The van der Waals surface area contributed by atoms with Gasteiger partial charge in [-0.25, -0.2) is 0 Å². The van der Waals surface area contributed by atoms with Crippen molar-refractivity contribution in [2.45, 2.75) is 25.7 Å². The van der Waals surface area contributed by atoms with Gasteiger partial charge in [0, 0.05) is 17.9 Å². The molecule has 0 spiro atoms. The van der Waals surface area contributed by atoms with Crippen molar-refractivity contribution in [2.24, 2.45) is 0 Å².